The predicted octanol–water partition coefficient (Wildman–Crippen LogP) is 1.58. The number of hydrogen-bond donors (Lipinski definition) is 2. The third-order valence-corrected chi connectivity index (χ3v) is 2.97. The van der Waals surface area contributed by atoms with E-state index in [2.05, 4.69) is 30.4 Å². The van der Waals surface area contributed by atoms with E-state index in [1.165, 1.54) is 11.1 Å². The highest BCUT2D eigenvalue weighted by atomic mass is 32.1. The topological polar surface area (TPSA) is 55.1 Å². The predicted molar refractivity (Wildman–Crippen MR) is 73.8 cm³/mol. The van der Waals surface area contributed by atoms with Crippen molar-refractivity contribution in [3.63, 3.8) is 0 Å². The van der Waals surface area contributed by atoms with Gasteiger partial charge in [-0.25, -0.2) is 0 Å². The van der Waals surface area contributed by atoms with Crippen LogP contribution in [0.15, 0.2) is 24.3 Å². The van der Waals surface area contributed by atoms with Crippen LogP contribution in [0, 0.1) is 12.8 Å². The Labute approximate surface area is 107 Å². The molecule has 1 aromatic carbocycles. The molecule has 1 amide bonds. The van der Waals surface area contributed by atoms with Gasteiger partial charge in [0, 0.05) is 6.54 Å². The fourth-order valence-corrected chi connectivity index (χ4v) is 1.59. The Kier molecular flexibility index (Phi) is 5.10. The summed E-state index contributed by atoms with van der Waals surface area (Å²) in [6.45, 7) is 4.37. The molecule has 0 aliphatic carbocycles. The minimum absolute atomic E-state index is 0.106. The van der Waals surface area contributed by atoms with E-state index in [1.807, 2.05) is 6.07 Å². The lowest BCUT2D eigenvalue weighted by atomic mass is 10.1. The zero-order valence-corrected chi connectivity index (χ0v) is 11.0. The van der Waals surface area contributed by atoms with Crippen LogP contribution < -0.4 is 11.1 Å². The molecular formula is C13H18N2OS. The maximum Gasteiger partial charge on any atom is 0.229 e. The summed E-state index contributed by atoms with van der Waals surface area (Å²) in [7, 11) is 0. The summed E-state index contributed by atoms with van der Waals surface area (Å²) in [4.78, 5) is 11.8. The summed E-state index contributed by atoms with van der Waals surface area (Å²) < 4.78 is 0. The van der Waals surface area contributed by atoms with Crippen LogP contribution in [0.5, 0.6) is 0 Å². The molecule has 0 heterocycles. The molecule has 0 aliphatic heterocycles. The first-order chi connectivity index (χ1) is 8.00. The molecule has 92 valence electrons. The second-order valence-corrected chi connectivity index (χ2v) is 4.63. The molecule has 1 aromatic rings. The number of nitrogens with one attached hydrogen (secondary N) is 1. The summed E-state index contributed by atoms with van der Waals surface area (Å²) in [6.07, 6.45) is 0.817. The van der Waals surface area contributed by atoms with Gasteiger partial charge in [-0.2, -0.15) is 0 Å². The van der Waals surface area contributed by atoms with Crippen molar-refractivity contribution in [3.8, 4) is 0 Å². The Morgan fingerprint density at radius 2 is 2.24 bits per heavy atom. The lowest BCUT2D eigenvalue weighted by molar-refractivity contribution is -0.122. The molecule has 3 nitrogen and oxygen atoms in total. The monoisotopic (exact) mass is 250 g/mol. The van der Waals surface area contributed by atoms with Gasteiger partial charge in [0.05, 0.1) is 10.9 Å². The molecule has 3 N–H and O–H groups in total. The molecule has 1 atom stereocenters. The van der Waals surface area contributed by atoms with Crippen molar-refractivity contribution in [1.29, 1.82) is 0 Å². The number of thiocarbonyl (C=S) groups is 1. The molecular weight excluding hydrogens is 232 g/mol. The van der Waals surface area contributed by atoms with Crippen molar-refractivity contribution in [3.05, 3.63) is 35.4 Å². The first-order valence-electron chi connectivity index (χ1n) is 5.63. The van der Waals surface area contributed by atoms with Crippen LogP contribution in [0.1, 0.15) is 18.1 Å². The lowest BCUT2D eigenvalue weighted by Crippen LogP contribution is -2.36. The number of amides is 1. The van der Waals surface area contributed by atoms with E-state index >= 15 is 0 Å². The molecule has 17 heavy (non-hydrogen) atoms. The number of carbonyl (C=O) groups excluding carboxylic acids is 1. The zero-order valence-electron chi connectivity index (χ0n) is 10.2. The Balaban J connectivity index is 2.38. The molecule has 0 spiro atoms. The Morgan fingerprint density at radius 1 is 1.53 bits per heavy atom. The van der Waals surface area contributed by atoms with Gasteiger partial charge in [-0.05, 0) is 25.8 Å². The van der Waals surface area contributed by atoms with Crippen molar-refractivity contribution >= 4 is 23.1 Å². The molecule has 0 saturated heterocycles. The van der Waals surface area contributed by atoms with Gasteiger partial charge in [0.25, 0.3) is 0 Å². The van der Waals surface area contributed by atoms with Crippen LogP contribution in [0.3, 0.4) is 0 Å². The molecule has 0 aliphatic rings. The second kappa shape index (κ2) is 6.35. The highest BCUT2D eigenvalue weighted by Crippen LogP contribution is 2.04. The fraction of sp³-hybridized carbons (Fsp3) is 0.385. The van der Waals surface area contributed by atoms with Crippen LogP contribution in [-0.2, 0) is 11.2 Å². The van der Waals surface area contributed by atoms with Gasteiger partial charge in [0.1, 0.15) is 0 Å². The van der Waals surface area contributed by atoms with Crippen LogP contribution >= 0.6 is 12.2 Å². The Hall–Kier alpha value is -1.42. The van der Waals surface area contributed by atoms with Crippen LogP contribution in [-0.4, -0.2) is 17.4 Å². The minimum atomic E-state index is -0.400. The van der Waals surface area contributed by atoms with E-state index < -0.39 is 5.92 Å². The summed E-state index contributed by atoms with van der Waals surface area (Å²) in [5.74, 6) is -0.507. The summed E-state index contributed by atoms with van der Waals surface area (Å²) >= 11 is 4.77. The number of carbonyl (C=O) groups is 1. The van der Waals surface area contributed by atoms with E-state index in [-0.39, 0.29) is 10.9 Å². The first-order valence-corrected chi connectivity index (χ1v) is 6.04. The molecule has 4 heteroatoms. The van der Waals surface area contributed by atoms with Gasteiger partial charge >= 0.3 is 0 Å². The third-order valence-electron chi connectivity index (χ3n) is 2.62. The SMILES string of the molecule is Cc1cccc(CCNC(=O)C(C)C(N)=S)c1. The number of hydrogen-bond acceptors (Lipinski definition) is 2. The van der Waals surface area contributed by atoms with Crippen molar-refractivity contribution < 1.29 is 4.79 Å². The summed E-state index contributed by atoms with van der Waals surface area (Å²) in [6, 6.07) is 8.24. The average Bonchev–Trinajstić information content (AvgIpc) is 2.27. The van der Waals surface area contributed by atoms with Crippen molar-refractivity contribution in [2.75, 3.05) is 6.54 Å². The first kappa shape index (κ1) is 13.6. The van der Waals surface area contributed by atoms with Crippen molar-refractivity contribution in [1.82, 2.24) is 5.32 Å². The van der Waals surface area contributed by atoms with E-state index in [1.54, 1.807) is 6.92 Å². The fourth-order valence-electron chi connectivity index (χ4n) is 1.48. The smallest absolute Gasteiger partial charge is 0.229 e. The molecule has 0 aromatic heterocycles. The molecule has 0 bridgehead atoms. The highest BCUT2D eigenvalue weighted by molar-refractivity contribution is 7.80. The third kappa shape index (κ3) is 4.53. The standard InChI is InChI=1S/C13H18N2OS/c1-9-4-3-5-11(8-9)6-7-15-13(16)10(2)12(14)17/h3-5,8,10H,6-7H2,1-2H3,(H2,14,17)(H,15,16). The van der Waals surface area contributed by atoms with Gasteiger partial charge in [-0.3, -0.25) is 4.79 Å². The largest absolute Gasteiger partial charge is 0.393 e. The normalized spacial score (nSPS) is 11.9. The summed E-state index contributed by atoms with van der Waals surface area (Å²) in [5.41, 5.74) is 7.85. The zero-order chi connectivity index (χ0) is 12.8. The molecule has 1 unspecified atom stereocenters. The summed E-state index contributed by atoms with van der Waals surface area (Å²) in [5, 5.41) is 2.83. The van der Waals surface area contributed by atoms with Gasteiger partial charge in [0.2, 0.25) is 5.91 Å². The minimum Gasteiger partial charge on any atom is -0.393 e. The number of benzene rings is 1. The Bertz CT molecular complexity index is 418. The quantitative estimate of drug-likeness (QED) is 0.780. The number of nitrogens with two attached hydrogens (primary N) is 1. The number of aryl methyl sites for hydroxylation is 1. The van der Waals surface area contributed by atoms with Crippen LogP contribution in [0.25, 0.3) is 0 Å². The maximum absolute atomic E-state index is 11.6. The van der Waals surface area contributed by atoms with Crippen molar-refractivity contribution in [2.24, 2.45) is 11.7 Å². The molecule has 0 radical (unpaired) electrons. The average molecular weight is 250 g/mol. The maximum atomic E-state index is 11.6. The van der Waals surface area contributed by atoms with Gasteiger partial charge in [-0.15, -0.1) is 0 Å². The van der Waals surface area contributed by atoms with Gasteiger partial charge in [-0.1, -0.05) is 42.0 Å². The van der Waals surface area contributed by atoms with Gasteiger partial charge < -0.3 is 11.1 Å². The van der Waals surface area contributed by atoms with Crippen LogP contribution in [0.4, 0.5) is 0 Å². The lowest BCUT2D eigenvalue weighted by Gasteiger charge is -2.10. The molecule has 1 rings (SSSR count). The number of rotatable bonds is 5. The van der Waals surface area contributed by atoms with E-state index in [9.17, 15) is 4.79 Å². The second-order valence-electron chi connectivity index (χ2n) is 4.15. The van der Waals surface area contributed by atoms with E-state index in [0.29, 0.717) is 6.54 Å². The van der Waals surface area contributed by atoms with Crippen molar-refractivity contribution in [2.45, 2.75) is 20.3 Å². The van der Waals surface area contributed by atoms with Crippen LogP contribution in [0.2, 0.25) is 0 Å². The molecule has 0 saturated carbocycles. The molecule has 0 fully saturated rings. The Morgan fingerprint density at radius 3 is 2.82 bits per heavy atom. The highest BCUT2D eigenvalue weighted by Gasteiger charge is 2.14. The van der Waals surface area contributed by atoms with E-state index in [4.69, 9.17) is 18.0 Å². The van der Waals surface area contributed by atoms with Gasteiger partial charge in [0.15, 0.2) is 0 Å². The van der Waals surface area contributed by atoms with E-state index in [0.717, 1.165) is 6.42 Å².